The molecule has 0 unspecified atom stereocenters. The second-order valence-electron chi connectivity index (χ2n) is 9.20. The minimum absolute atomic E-state index is 0.0201. The standard InChI is InChI=1S/C23H28ClFN4O5/c1-14-10-18(21(32)33)29(28-14)9-8-26-23-6-4-22(5-7-23,12-19(23)30)27-20(31)13-34-15-2-3-16(24)17(25)11-15/h2-3,10-11,19,26,30H,4-9,12-13H2,1H3,(H,27,31)(H,32,33)/t19-,22?,23?/m0/s1. The van der Waals surface area contributed by atoms with Gasteiger partial charge in [0.15, 0.2) is 6.61 Å². The number of carbonyl (C=O) groups is 2. The minimum atomic E-state index is -1.03. The van der Waals surface area contributed by atoms with Crippen molar-refractivity contribution in [2.24, 2.45) is 0 Å². The predicted octanol–water partition coefficient (Wildman–Crippen LogP) is 2.28. The summed E-state index contributed by atoms with van der Waals surface area (Å²) in [7, 11) is 0. The molecule has 0 spiro atoms. The number of hydrogen-bond acceptors (Lipinski definition) is 6. The Morgan fingerprint density at radius 3 is 2.68 bits per heavy atom. The van der Waals surface area contributed by atoms with Crippen LogP contribution in [0.15, 0.2) is 24.3 Å². The highest BCUT2D eigenvalue weighted by Gasteiger charge is 2.54. The number of ether oxygens (including phenoxy) is 1. The second-order valence-corrected chi connectivity index (χ2v) is 9.60. The van der Waals surface area contributed by atoms with Crippen LogP contribution in [0.2, 0.25) is 5.02 Å². The van der Waals surface area contributed by atoms with Crippen LogP contribution >= 0.6 is 11.6 Å². The molecule has 5 rings (SSSR count). The van der Waals surface area contributed by atoms with Crippen LogP contribution in [-0.4, -0.2) is 62.2 Å². The minimum Gasteiger partial charge on any atom is -0.484 e. The number of carbonyl (C=O) groups excluding carboxylic acids is 1. The number of hydrogen-bond donors (Lipinski definition) is 4. The molecule has 11 heteroatoms. The smallest absolute Gasteiger partial charge is 0.354 e. The maximum atomic E-state index is 13.5. The van der Waals surface area contributed by atoms with Crippen LogP contribution in [0.25, 0.3) is 0 Å². The lowest BCUT2D eigenvalue weighted by Gasteiger charge is -2.56. The highest BCUT2D eigenvalue weighted by molar-refractivity contribution is 6.30. The van der Waals surface area contributed by atoms with E-state index >= 15 is 0 Å². The van der Waals surface area contributed by atoms with E-state index in [4.69, 9.17) is 16.3 Å². The van der Waals surface area contributed by atoms with Gasteiger partial charge in [-0.1, -0.05) is 11.6 Å². The zero-order valence-electron chi connectivity index (χ0n) is 18.8. The van der Waals surface area contributed by atoms with E-state index in [0.717, 1.165) is 6.07 Å². The largest absolute Gasteiger partial charge is 0.484 e. The molecule has 0 aliphatic heterocycles. The molecule has 1 heterocycles. The Labute approximate surface area is 201 Å². The maximum absolute atomic E-state index is 13.5. The molecule has 9 nitrogen and oxygen atoms in total. The number of nitrogens with one attached hydrogen (secondary N) is 2. The summed E-state index contributed by atoms with van der Waals surface area (Å²) in [4.78, 5) is 23.9. The van der Waals surface area contributed by atoms with Gasteiger partial charge in [-0.25, -0.2) is 9.18 Å². The zero-order chi connectivity index (χ0) is 24.5. The van der Waals surface area contributed by atoms with Gasteiger partial charge >= 0.3 is 5.97 Å². The number of amides is 1. The number of aromatic nitrogens is 2. The van der Waals surface area contributed by atoms with Crippen LogP contribution in [0.3, 0.4) is 0 Å². The van der Waals surface area contributed by atoms with E-state index in [1.807, 2.05) is 0 Å². The summed E-state index contributed by atoms with van der Waals surface area (Å²) in [6.07, 6.45) is 2.46. The van der Waals surface area contributed by atoms with Gasteiger partial charge in [-0.3, -0.25) is 9.48 Å². The third-order valence-electron chi connectivity index (χ3n) is 6.91. The number of carboxylic acid groups (broad SMARTS) is 1. The molecule has 0 radical (unpaired) electrons. The molecule has 3 aliphatic carbocycles. The average molecular weight is 495 g/mol. The van der Waals surface area contributed by atoms with Crippen molar-refractivity contribution >= 4 is 23.5 Å². The molecule has 4 N–H and O–H groups in total. The van der Waals surface area contributed by atoms with Crippen molar-refractivity contribution in [1.29, 1.82) is 0 Å². The number of fused-ring (bicyclic) bond motifs is 3. The van der Waals surface area contributed by atoms with Crippen LogP contribution in [0.5, 0.6) is 5.75 Å². The first-order valence-corrected chi connectivity index (χ1v) is 11.6. The summed E-state index contributed by atoms with van der Waals surface area (Å²) in [6.45, 7) is 2.31. The number of aryl methyl sites for hydroxylation is 1. The molecule has 1 aromatic heterocycles. The highest BCUT2D eigenvalue weighted by atomic mass is 35.5. The van der Waals surface area contributed by atoms with Gasteiger partial charge in [-0.15, -0.1) is 0 Å². The van der Waals surface area contributed by atoms with Crippen LogP contribution in [0, 0.1) is 12.7 Å². The first kappa shape index (κ1) is 24.4. The van der Waals surface area contributed by atoms with Crippen LogP contribution in [0.4, 0.5) is 4.39 Å². The van der Waals surface area contributed by atoms with Crippen LogP contribution in [0.1, 0.15) is 48.3 Å². The summed E-state index contributed by atoms with van der Waals surface area (Å²) < 4.78 is 20.4. The number of nitrogens with zero attached hydrogens (tertiary/aromatic N) is 2. The van der Waals surface area contributed by atoms with E-state index in [2.05, 4.69) is 15.7 Å². The zero-order valence-corrected chi connectivity index (χ0v) is 19.6. The SMILES string of the molecule is Cc1cc(C(=O)O)n(CCNC23CCC(NC(=O)COc4ccc(Cl)c(F)c4)(CC2)C[C@@H]3O)n1. The summed E-state index contributed by atoms with van der Waals surface area (Å²) in [5.41, 5.74) is -0.217. The second kappa shape index (κ2) is 9.52. The van der Waals surface area contributed by atoms with Crippen molar-refractivity contribution in [2.75, 3.05) is 13.2 Å². The van der Waals surface area contributed by atoms with E-state index in [-0.39, 0.29) is 29.0 Å². The number of benzene rings is 1. The van der Waals surface area contributed by atoms with Crippen molar-refractivity contribution in [3.05, 3.63) is 46.5 Å². The monoisotopic (exact) mass is 494 g/mol. The van der Waals surface area contributed by atoms with E-state index in [0.29, 0.717) is 50.9 Å². The quantitative estimate of drug-likeness (QED) is 0.421. The van der Waals surface area contributed by atoms with Crippen molar-refractivity contribution in [1.82, 2.24) is 20.4 Å². The van der Waals surface area contributed by atoms with E-state index in [9.17, 15) is 24.2 Å². The molecule has 1 amide bonds. The van der Waals surface area contributed by atoms with Crippen molar-refractivity contribution in [3.8, 4) is 5.75 Å². The predicted molar refractivity (Wildman–Crippen MR) is 122 cm³/mol. The molecule has 3 fully saturated rings. The summed E-state index contributed by atoms with van der Waals surface area (Å²) in [5.74, 6) is -1.77. The van der Waals surface area contributed by atoms with Crippen LogP contribution < -0.4 is 15.4 Å². The van der Waals surface area contributed by atoms with Crippen molar-refractivity contribution in [2.45, 2.75) is 62.8 Å². The number of halogens is 2. The van der Waals surface area contributed by atoms with Gasteiger partial charge in [0.2, 0.25) is 0 Å². The van der Waals surface area contributed by atoms with Gasteiger partial charge in [-0.05, 0) is 57.2 Å². The molecule has 34 heavy (non-hydrogen) atoms. The molecular formula is C23H28ClFN4O5. The first-order valence-electron chi connectivity index (χ1n) is 11.2. The molecule has 1 atom stereocenters. The van der Waals surface area contributed by atoms with Crippen LogP contribution in [-0.2, 0) is 11.3 Å². The van der Waals surface area contributed by atoms with Gasteiger partial charge in [-0.2, -0.15) is 5.10 Å². The number of aliphatic hydroxyl groups is 1. The van der Waals surface area contributed by atoms with Gasteiger partial charge in [0, 0.05) is 23.7 Å². The third-order valence-corrected chi connectivity index (χ3v) is 7.22. The maximum Gasteiger partial charge on any atom is 0.354 e. The summed E-state index contributed by atoms with van der Waals surface area (Å²) >= 11 is 5.66. The highest BCUT2D eigenvalue weighted by Crippen LogP contribution is 2.47. The Balaban J connectivity index is 1.29. The third kappa shape index (κ3) is 5.03. The molecule has 2 aromatic rings. The average Bonchev–Trinajstić information content (AvgIpc) is 3.16. The number of aliphatic hydroxyl groups excluding tert-OH is 1. The van der Waals surface area contributed by atoms with Crippen molar-refractivity contribution in [3.63, 3.8) is 0 Å². The Bertz CT molecular complexity index is 1080. The molecule has 184 valence electrons. The fourth-order valence-corrected chi connectivity index (χ4v) is 5.21. The van der Waals surface area contributed by atoms with Crippen molar-refractivity contribution < 1.29 is 28.9 Å². The lowest BCUT2D eigenvalue weighted by molar-refractivity contribution is -0.129. The molecular weight excluding hydrogens is 467 g/mol. The molecule has 0 saturated heterocycles. The molecule has 3 saturated carbocycles. The van der Waals surface area contributed by atoms with Gasteiger partial charge < -0.3 is 25.6 Å². The lowest BCUT2D eigenvalue weighted by atomic mass is 9.60. The Morgan fingerprint density at radius 1 is 1.29 bits per heavy atom. The van der Waals surface area contributed by atoms with Gasteiger partial charge in [0.05, 0.1) is 23.4 Å². The Morgan fingerprint density at radius 2 is 2.03 bits per heavy atom. The van der Waals surface area contributed by atoms with E-state index in [1.54, 1.807) is 6.92 Å². The molecule has 2 bridgehead atoms. The number of rotatable bonds is 9. The molecule has 1 aromatic carbocycles. The van der Waals surface area contributed by atoms with Gasteiger partial charge in [0.1, 0.15) is 17.3 Å². The lowest BCUT2D eigenvalue weighted by Crippen LogP contribution is -2.69. The summed E-state index contributed by atoms with van der Waals surface area (Å²) in [5, 5.41) is 30.9. The number of aromatic carboxylic acids is 1. The fourth-order valence-electron chi connectivity index (χ4n) is 5.09. The van der Waals surface area contributed by atoms with E-state index in [1.165, 1.54) is 22.9 Å². The fraction of sp³-hybridized carbons (Fsp3) is 0.522. The Kier molecular flexibility index (Phi) is 6.84. The summed E-state index contributed by atoms with van der Waals surface area (Å²) in [6, 6.07) is 5.51. The Hall–Kier alpha value is -2.69. The van der Waals surface area contributed by atoms with Gasteiger partial charge in [0.25, 0.3) is 5.91 Å². The topological polar surface area (TPSA) is 126 Å². The van der Waals surface area contributed by atoms with E-state index < -0.39 is 29.0 Å². The molecule has 3 aliphatic rings. The first-order chi connectivity index (χ1) is 16.1. The number of carboxylic acids is 1. The normalized spacial score (nSPS) is 25.8.